The molecular weight excluding hydrogens is 255 g/mol. The number of hydrogen-bond donors (Lipinski definition) is 1. The van der Waals surface area contributed by atoms with E-state index in [2.05, 4.69) is 0 Å². The van der Waals surface area contributed by atoms with Crippen molar-refractivity contribution in [3.05, 3.63) is 34.6 Å². The number of benzene rings is 1. The molecule has 0 saturated heterocycles. The van der Waals surface area contributed by atoms with Gasteiger partial charge < -0.3 is 5.11 Å². The zero-order chi connectivity index (χ0) is 12.3. The van der Waals surface area contributed by atoms with Crippen LogP contribution < -0.4 is 0 Å². The molecule has 0 fully saturated rings. The summed E-state index contributed by atoms with van der Waals surface area (Å²) < 4.78 is 34.8. The molecule has 1 rings (SSSR count). The summed E-state index contributed by atoms with van der Waals surface area (Å²) >= 11 is 5.49. The normalized spacial score (nSPS) is 13.8. The fraction of sp³-hybridized carbons (Fsp3) is 0.400. The first kappa shape index (κ1) is 13.4. The largest absolute Gasteiger partial charge is 0.392 e. The van der Waals surface area contributed by atoms with Crippen molar-refractivity contribution in [2.24, 2.45) is 0 Å². The van der Waals surface area contributed by atoms with Gasteiger partial charge in [0.15, 0.2) is 0 Å². The van der Waals surface area contributed by atoms with Crippen LogP contribution in [0.1, 0.15) is 5.56 Å². The van der Waals surface area contributed by atoms with Gasteiger partial charge in [-0.3, -0.25) is 0 Å². The minimum absolute atomic E-state index is 0.00125. The molecule has 1 aromatic carbocycles. The van der Waals surface area contributed by atoms with E-state index in [1.54, 1.807) is 6.07 Å². The van der Waals surface area contributed by atoms with Crippen molar-refractivity contribution >= 4 is 21.4 Å². The summed E-state index contributed by atoms with van der Waals surface area (Å²) in [5, 5.41) is 9.47. The minimum Gasteiger partial charge on any atom is -0.392 e. The van der Waals surface area contributed by atoms with Crippen molar-refractivity contribution < 1.29 is 17.9 Å². The molecule has 0 radical (unpaired) electrons. The van der Waals surface area contributed by atoms with Crippen LogP contribution in [0.4, 0.5) is 4.39 Å². The maximum atomic E-state index is 13.0. The van der Waals surface area contributed by atoms with Crippen LogP contribution in [0.5, 0.6) is 0 Å². The van der Waals surface area contributed by atoms with Crippen LogP contribution in [-0.4, -0.2) is 31.6 Å². The highest BCUT2D eigenvalue weighted by atomic mass is 35.5. The predicted octanol–water partition coefficient (Wildman–Crippen LogP) is 1.43. The predicted molar refractivity (Wildman–Crippen MR) is 60.8 cm³/mol. The highest BCUT2D eigenvalue weighted by Crippen LogP contribution is 2.16. The molecule has 0 aliphatic heterocycles. The van der Waals surface area contributed by atoms with E-state index >= 15 is 0 Å². The molecule has 16 heavy (non-hydrogen) atoms. The van der Waals surface area contributed by atoms with Gasteiger partial charge in [-0.05, 0) is 24.1 Å². The van der Waals surface area contributed by atoms with Gasteiger partial charge in [-0.25, -0.2) is 12.8 Å². The Morgan fingerprint density at radius 1 is 1.50 bits per heavy atom. The van der Waals surface area contributed by atoms with Crippen LogP contribution in [0, 0.1) is 5.82 Å². The Kier molecular flexibility index (Phi) is 4.29. The number of sulfone groups is 1. The lowest BCUT2D eigenvalue weighted by Crippen LogP contribution is -2.22. The van der Waals surface area contributed by atoms with Crippen molar-refractivity contribution in [1.29, 1.82) is 0 Å². The molecule has 0 aliphatic carbocycles. The van der Waals surface area contributed by atoms with Crippen LogP contribution >= 0.6 is 11.6 Å². The molecule has 0 aliphatic rings. The molecule has 1 unspecified atom stereocenters. The summed E-state index contributed by atoms with van der Waals surface area (Å²) in [7, 11) is -3.23. The van der Waals surface area contributed by atoms with E-state index in [0.29, 0.717) is 5.56 Å². The Morgan fingerprint density at radius 2 is 2.12 bits per heavy atom. The molecule has 6 heteroatoms. The Morgan fingerprint density at radius 3 is 2.62 bits per heavy atom. The second-order valence-corrected chi connectivity index (χ2v) is 6.29. The molecule has 0 saturated carbocycles. The van der Waals surface area contributed by atoms with E-state index in [-0.39, 0.29) is 17.2 Å². The first-order valence-corrected chi connectivity index (χ1v) is 7.01. The summed E-state index contributed by atoms with van der Waals surface area (Å²) in [6.45, 7) is 0. The van der Waals surface area contributed by atoms with E-state index in [0.717, 1.165) is 6.26 Å². The highest BCUT2D eigenvalue weighted by molar-refractivity contribution is 7.90. The van der Waals surface area contributed by atoms with Crippen LogP contribution in [0.25, 0.3) is 0 Å². The summed E-state index contributed by atoms with van der Waals surface area (Å²) in [5.74, 6) is -0.914. The number of rotatable bonds is 4. The van der Waals surface area contributed by atoms with Crippen molar-refractivity contribution in [2.45, 2.75) is 12.5 Å². The molecule has 3 nitrogen and oxygen atoms in total. The van der Waals surface area contributed by atoms with E-state index < -0.39 is 21.8 Å². The fourth-order valence-corrected chi connectivity index (χ4v) is 2.28. The molecule has 1 atom stereocenters. The lowest BCUT2D eigenvalue weighted by molar-refractivity contribution is 0.198. The lowest BCUT2D eigenvalue weighted by Gasteiger charge is -2.09. The lowest BCUT2D eigenvalue weighted by atomic mass is 10.1. The zero-order valence-corrected chi connectivity index (χ0v) is 10.2. The quantitative estimate of drug-likeness (QED) is 0.897. The van der Waals surface area contributed by atoms with E-state index in [1.807, 2.05) is 0 Å². The molecule has 0 heterocycles. The maximum Gasteiger partial charge on any atom is 0.150 e. The molecule has 1 N–H and O–H groups in total. The Bertz CT molecular complexity index is 473. The van der Waals surface area contributed by atoms with Gasteiger partial charge in [-0.2, -0.15) is 0 Å². The molecule has 0 amide bonds. The molecule has 0 bridgehead atoms. The van der Waals surface area contributed by atoms with Gasteiger partial charge in [0, 0.05) is 6.26 Å². The Balaban J connectivity index is 2.70. The third-order valence-electron chi connectivity index (χ3n) is 1.95. The van der Waals surface area contributed by atoms with Gasteiger partial charge in [0.05, 0.1) is 16.9 Å². The number of hydrogen-bond acceptors (Lipinski definition) is 3. The van der Waals surface area contributed by atoms with Crippen molar-refractivity contribution in [3.63, 3.8) is 0 Å². The van der Waals surface area contributed by atoms with Gasteiger partial charge in [-0.15, -0.1) is 0 Å². The molecular formula is C10H12ClFO3S. The van der Waals surface area contributed by atoms with E-state index in [4.69, 9.17) is 11.6 Å². The molecule has 90 valence electrons. The van der Waals surface area contributed by atoms with Gasteiger partial charge in [0.25, 0.3) is 0 Å². The number of aliphatic hydroxyl groups is 1. The SMILES string of the molecule is CS(=O)(=O)CC(O)Cc1ccc(Cl)c(F)c1. The minimum atomic E-state index is -3.23. The summed E-state index contributed by atoms with van der Waals surface area (Å²) in [6.07, 6.45) is 0.0930. The third-order valence-corrected chi connectivity index (χ3v) is 3.25. The van der Waals surface area contributed by atoms with Crippen LogP contribution in [0.2, 0.25) is 5.02 Å². The summed E-state index contributed by atoms with van der Waals surface area (Å²) in [5.41, 5.74) is 0.512. The first-order chi connectivity index (χ1) is 7.28. The van der Waals surface area contributed by atoms with Crippen molar-refractivity contribution in [1.82, 2.24) is 0 Å². The topological polar surface area (TPSA) is 54.4 Å². The second kappa shape index (κ2) is 5.12. The summed E-state index contributed by atoms with van der Waals surface area (Å²) in [6, 6.07) is 4.12. The zero-order valence-electron chi connectivity index (χ0n) is 8.65. The molecule has 0 spiro atoms. The second-order valence-electron chi connectivity index (χ2n) is 3.70. The smallest absolute Gasteiger partial charge is 0.150 e. The van der Waals surface area contributed by atoms with E-state index in [1.165, 1.54) is 12.1 Å². The first-order valence-electron chi connectivity index (χ1n) is 4.57. The molecule has 1 aromatic rings. The highest BCUT2D eigenvalue weighted by Gasteiger charge is 2.13. The van der Waals surface area contributed by atoms with Gasteiger partial charge in [0.1, 0.15) is 15.7 Å². The van der Waals surface area contributed by atoms with Gasteiger partial charge in [0.2, 0.25) is 0 Å². The van der Waals surface area contributed by atoms with Crippen molar-refractivity contribution in [2.75, 3.05) is 12.0 Å². The average molecular weight is 267 g/mol. The van der Waals surface area contributed by atoms with Crippen molar-refractivity contribution in [3.8, 4) is 0 Å². The van der Waals surface area contributed by atoms with Crippen LogP contribution in [0.15, 0.2) is 18.2 Å². The van der Waals surface area contributed by atoms with Gasteiger partial charge >= 0.3 is 0 Å². The maximum absolute atomic E-state index is 13.0. The fourth-order valence-electron chi connectivity index (χ4n) is 1.35. The molecule has 0 aromatic heterocycles. The third kappa shape index (κ3) is 4.47. The Labute approximate surface area is 98.8 Å². The number of aliphatic hydroxyl groups excluding tert-OH is 1. The summed E-state index contributed by atoms with van der Waals surface area (Å²) in [4.78, 5) is 0. The number of halogens is 2. The van der Waals surface area contributed by atoms with Gasteiger partial charge in [-0.1, -0.05) is 17.7 Å². The van der Waals surface area contributed by atoms with Crippen LogP contribution in [0.3, 0.4) is 0 Å². The van der Waals surface area contributed by atoms with E-state index in [9.17, 15) is 17.9 Å². The monoisotopic (exact) mass is 266 g/mol. The van der Waals surface area contributed by atoms with Crippen LogP contribution in [-0.2, 0) is 16.3 Å². The average Bonchev–Trinajstić information content (AvgIpc) is 2.08. The standard InChI is InChI=1S/C10H12ClFO3S/c1-16(14,15)6-8(13)4-7-2-3-9(11)10(12)5-7/h2-3,5,8,13H,4,6H2,1H3. The Hall–Kier alpha value is -0.650.